The summed E-state index contributed by atoms with van der Waals surface area (Å²) in [6, 6.07) is 19.6. The lowest BCUT2D eigenvalue weighted by Crippen LogP contribution is -2.69. The van der Waals surface area contributed by atoms with Crippen molar-refractivity contribution in [1.82, 2.24) is 20.4 Å². The van der Waals surface area contributed by atoms with Crippen LogP contribution in [0.25, 0.3) is 0 Å². The van der Waals surface area contributed by atoms with E-state index in [0.717, 1.165) is 50.9 Å². The van der Waals surface area contributed by atoms with Crippen molar-refractivity contribution in [3.05, 3.63) is 65.7 Å². The van der Waals surface area contributed by atoms with Gasteiger partial charge in [-0.05, 0) is 55.5 Å². The molecule has 0 bridgehead atoms. The zero-order chi connectivity index (χ0) is 24.5. The van der Waals surface area contributed by atoms with Crippen LogP contribution >= 0.6 is 0 Å². The van der Waals surface area contributed by atoms with Crippen LogP contribution < -0.4 is 15.5 Å². The monoisotopic (exact) mass is 487 g/mol. The van der Waals surface area contributed by atoms with Gasteiger partial charge in [0.15, 0.2) is 0 Å². The molecule has 2 aromatic rings. The minimum Gasteiger partial charge on any atom is -0.364 e. The molecular weight excluding hydrogens is 450 g/mol. The van der Waals surface area contributed by atoms with E-state index in [-0.39, 0.29) is 30.1 Å². The molecule has 4 aliphatic rings. The lowest BCUT2D eigenvalue weighted by molar-refractivity contribution is -0.134. The third-order valence-electron chi connectivity index (χ3n) is 8.60. The molecule has 1 aliphatic carbocycles. The van der Waals surface area contributed by atoms with Gasteiger partial charge in [-0.2, -0.15) is 0 Å². The Morgan fingerprint density at radius 3 is 2.33 bits per heavy atom. The van der Waals surface area contributed by atoms with E-state index in [9.17, 15) is 9.59 Å². The Hall–Kier alpha value is -2.90. The lowest BCUT2D eigenvalue weighted by atomic mass is 9.82. The summed E-state index contributed by atoms with van der Waals surface area (Å²) in [5.41, 5.74) is 3.29. The van der Waals surface area contributed by atoms with Crippen LogP contribution in [0.4, 0.5) is 5.69 Å². The van der Waals surface area contributed by atoms with Crippen molar-refractivity contribution < 1.29 is 9.59 Å². The number of hydrogen-bond acceptors (Lipinski definition) is 5. The molecule has 6 rings (SSSR count). The molecule has 4 unspecified atom stereocenters. The fraction of sp³-hybridized carbons (Fsp3) is 0.517. The molecule has 4 atom stereocenters. The third-order valence-corrected chi connectivity index (χ3v) is 8.60. The Morgan fingerprint density at radius 2 is 1.56 bits per heavy atom. The second-order valence-electron chi connectivity index (χ2n) is 10.7. The molecule has 2 aromatic carbocycles. The number of rotatable bonds is 4. The lowest BCUT2D eigenvalue weighted by Gasteiger charge is -2.46. The summed E-state index contributed by atoms with van der Waals surface area (Å²) in [5.74, 6) is 0.397. The Balaban J connectivity index is 1.05. The average Bonchev–Trinajstić information content (AvgIpc) is 3.43. The Bertz CT molecular complexity index is 1070. The molecule has 36 heavy (non-hydrogen) atoms. The molecule has 3 heterocycles. The van der Waals surface area contributed by atoms with Crippen molar-refractivity contribution in [1.29, 1.82) is 0 Å². The second-order valence-corrected chi connectivity index (χ2v) is 10.7. The topological polar surface area (TPSA) is 67.9 Å². The summed E-state index contributed by atoms with van der Waals surface area (Å²) < 4.78 is 0. The maximum Gasteiger partial charge on any atom is 0.253 e. The molecule has 3 saturated heterocycles. The number of nitrogens with zero attached hydrogens (tertiary/aromatic N) is 3. The zero-order valence-electron chi connectivity index (χ0n) is 20.9. The number of carbonyl (C=O) groups is 2. The average molecular weight is 488 g/mol. The van der Waals surface area contributed by atoms with Gasteiger partial charge in [0.05, 0.1) is 12.0 Å². The summed E-state index contributed by atoms with van der Waals surface area (Å²) in [6.07, 6.45) is 6.63. The molecule has 1 saturated carbocycles. The zero-order valence-corrected chi connectivity index (χ0v) is 20.9. The van der Waals surface area contributed by atoms with Gasteiger partial charge in [-0.15, -0.1) is 0 Å². The van der Waals surface area contributed by atoms with E-state index in [1.165, 1.54) is 24.1 Å². The molecular formula is C29H37N5O2. The first kappa shape index (κ1) is 23.5. The molecule has 0 spiro atoms. The van der Waals surface area contributed by atoms with Crippen LogP contribution in [0.2, 0.25) is 0 Å². The van der Waals surface area contributed by atoms with Gasteiger partial charge in [-0.3, -0.25) is 19.8 Å². The van der Waals surface area contributed by atoms with E-state index in [1.54, 1.807) is 0 Å². The molecule has 190 valence electrons. The Morgan fingerprint density at radius 1 is 0.806 bits per heavy atom. The highest BCUT2D eigenvalue weighted by Crippen LogP contribution is 2.36. The standard InChI is InChI=1S/C29H37N5O2/c35-27-24-9-4-5-10-25(24)30-29(31-27)33-19-17-32(18-20-33)28(36)22-12-14-23(15-13-22)34-16-6-11-26(34)21-7-2-1-3-8-21/h1-3,7-8,12-15,24-26,29-30H,4-6,9-11,16-20H2,(H,31,35). The first-order valence-corrected chi connectivity index (χ1v) is 13.7. The third kappa shape index (κ3) is 4.62. The van der Waals surface area contributed by atoms with E-state index in [2.05, 4.69) is 62.9 Å². The van der Waals surface area contributed by atoms with Gasteiger partial charge in [0, 0.05) is 50.0 Å². The van der Waals surface area contributed by atoms with Crippen molar-refractivity contribution in [3.8, 4) is 0 Å². The van der Waals surface area contributed by atoms with Gasteiger partial charge >= 0.3 is 0 Å². The van der Waals surface area contributed by atoms with Crippen LogP contribution in [0.15, 0.2) is 54.6 Å². The molecule has 3 aliphatic heterocycles. The smallest absolute Gasteiger partial charge is 0.253 e. The quantitative estimate of drug-likeness (QED) is 0.693. The van der Waals surface area contributed by atoms with Gasteiger partial charge in [0.1, 0.15) is 6.29 Å². The van der Waals surface area contributed by atoms with Gasteiger partial charge in [0.25, 0.3) is 5.91 Å². The highest BCUT2D eigenvalue weighted by Gasteiger charge is 2.40. The minimum atomic E-state index is -0.119. The largest absolute Gasteiger partial charge is 0.364 e. The highest BCUT2D eigenvalue weighted by molar-refractivity contribution is 5.94. The van der Waals surface area contributed by atoms with E-state index in [1.807, 2.05) is 17.0 Å². The maximum absolute atomic E-state index is 13.2. The first-order valence-electron chi connectivity index (χ1n) is 13.7. The van der Waals surface area contributed by atoms with Crippen LogP contribution in [0.3, 0.4) is 0 Å². The van der Waals surface area contributed by atoms with E-state index in [4.69, 9.17) is 0 Å². The van der Waals surface area contributed by atoms with Crippen LogP contribution in [0, 0.1) is 5.92 Å². The number of anilines is 1. The highest BCUT2D eigenvalue weighted by atomic mass is 16.2. The normalized spacial score (nSPS) is 29.1. The van der Waals surface area contributed by atoms with Gasteiger partial charge < -0.3 is 15.1 Å². The molecule has 2 amide bonds. The van der Waals surface area contributed by atoms with E-state index >= 15 is 0 Å². The van der Waals surface area contributed by atoms with Crippen molar-refractivity contribution in [2.45, 2.75) is 56.9 Å². The predicted octanol–water partition coefficient (Wildman–Crippen LogP) is 3.35. The van der Waals surface area contributed by atoms with E-state index < -0.39 is 0 Å². The minimum absolute atomic E-state index is 0.0928. The van der Waals surface area contributed by atoms with Crippen LogP contribution in [-0.2, 0) is 4.79 Å². The van der Waals surface area contributed by atoms with Crippen molar-refractivity contribution in [2.24, 2.45) is 5.92 Å². The predicted molar refractivity (Wildman–Crippen MR) is 140 cm³/mol. The molecule has 2 N–H and O–H groups in total. The van der Waals surface area contributed by atoms with Crippen LogP contribution in [0.1, 0.15) is 60.5 Å². The van der Waals surface area contributed by atoms with Gasteiger partial charge in [0.2, 0.25) is 5.91 Å². The van der Waals surface area contributed by atoms with E-state index in [0.29, 0.717) is 19.1 Å². The summed E-state index contributed by atoms with van der Waals surface area (Å²) in [6.45, 7) is 3.90. The fourth-order valence-corrected chi connectivity index (χ4v) is 6.59. The van der Waals surface area contributed by atoms with Crippen molar-refractivity contribution in [2.75, 3.05) is 37.6 Å². The van der Waals surface area contributed by atoms with Crippen molar-refractivity contribution >= 4 is 17.5 Å². The molecule has 4 fully saturated rings. The number of carbonyl (C=O) groups excluding carboxylic acids is 2. The maximum atomic E-state index is 13.2. The number of nitrogens with one attached hydrogen (secondary N) is 2. The SMILES string of the molecule is O=C1NC(N2CCN(C(=O)c3ccc(N4CCCC4c4ccccc4)cc3)CC2)NC2CCCCC12. The Labute approximate surface area is 213 Å². The van der Waals surface area contributed by atoms with Crippen molar-refractivity contribution in [3.63, 3.8) is 0 Å². The summed E-state index contributed by atoms with van der Waals surface area (Å²) in [7, 11) is 0. The van der Waals surface area contributed by atoms with Crippen LogP contribution in [-0.4, -0.2) is 66.7 Å². The summed E-state index contributed by atoms with van der Waals surface area (Å²) in [5, 5.41) is 6.84. The molecule has 7 heteroatoms. The number of fused-ring (bicyclic) bond motifs is 1. The van der Waals surface area contributed by atoms with Crippen LogP contribution in [0.5, 0.6) is 0 Å². The number of benzene rings is 2. The number of amides is 2. The molecule has 0 radical (unpaired) electrons. The molecule has 7 nitrogen and oxygen atoms in total. The summed E-state index contributed by atoms with van der Waals surface area (Å²) in [4.78, 5) is 32.5. The van der Waals surface area contributed by atoms with Gasteiger partial charge in [-0.25, -0.2) is 0 Å². The summed E-state index contributed by atoms with van der Waals surface area (Å²) >= 11 is 0. The van der Waals surface area contributed by atoms with Gasteiger partial charge in [-0.1, -0.05) is 43.2 Å². The number of piperazine rings is 1. The first-order chi connectivity index (χ1) is 17.7. The second kappa shape index (κ2) is 10.2. The fourth-order valence-electron chi connectivity index (χ4n) is 6.59. The number of hydrogen-bond donors (Lipinski definition) is 2. The Kier molecular flexibility index (Phi) is 6.67. The molecule has 0 aromatic heterocycles.